The van der Waals surface area contributed by atoms with Gasteiger partial charge in [-0.15, -0.1) is 11.3 Å². The van der Waals surface area contributed by atoms with Gasteiger partial charge < -0.3 is 10.6 Å². The molecule has 1 fully saturated rings. The molecular formula is C25H29N7O2S. The number of fused-ring (bicyclic) bond motifs is 1. The first-order valence-corrected chi connectivity index (χ1v) is 12.6. The van der Waals surface area contributed by atoms with Crippen molar-refractivity contribution in [2.24, 2.45) is 11.1 Å². The fourth-order valence-electron chi connectivity index (χ4n) is 4.64. The third kappa shape index (κ3) is 4.34. The van der Waals surface area contributed by atoms with Gasteiger partial charge in [0.25, 0.3) is 0 Å². The maximum Gasteiger partial charge on any atom is 0.223 e. The zero-order valence-corrected chi connectivity index (χ0v) is 20.9. The number of nitrogens with zero attached hydrogens (tertiary/aromatic N) is 5. The summed E-state index contributed by atoms with van der Waals surface area (Å²) in [6.45, 7) is 7.30. The van der Waals surface area contributed by atoms with Crippen LogP contribution in [-0.2, 0) is 4.79 Å². The number of rotatable bonds is 7. The van der Waals surface area contributed by atoms with Crippen molar-refractivity contribution in [3.63, 3.8) is 0 Å². The Balaban J connectivity index is 1.54. The van der Waals surface area contributed by atoms with E-state index in [9.17, 15) is 9.59 Å². The molecule has 0 aromatic carbocycles. The van der Waals surface area contributed by atoms with Crippen molar-refractivity contribution in [1.29, 1.82) is 0 Å². The number of primary amides is 1. The first kappa shape index (κ1) is 23.2. The molecule has 4 aromatic heterocycles. The Kier molecular flexibility index (Phi) is 5.92. The maximum atomic E-state index is 13.4. The molecule has 1 aliphatic heterocycles. The molecule has 5 heterocycles. The molecule has 9 nitrogen and oxygen atoms in total. The van der Waals surface area contributed by atoms with E-state index in [4.69, 9.17) is 10.7 Å². The quantitative estimate of drug-likeness (QED) is 0.377. The number of nitrogens with one attached hydrogen (secondary N) is 1. The number of carbonyl (C=O) groups is 2. The molecule has 0 aliphatic carbocycles. The predicted molar refractivity (Wildman–Crippen MR) is 136 cm³/mol. The highest BCUT2D eigenvalue weighted by Crippen LogP contribution is 2.37. The Bertz CT molecular complexity index is 1380. The van der Waals surface area contributed by atoms with E-state index in [1.54, 1.807) is 11.3 Å². The first-order chi connectivity index (χ1) is 16.7. The molecule has 0 unspecified atom stereocenters. The molecule has 0 bridgehead atoms. The lowest BCUT2D eigenvalue weighted by Crippen LogP contribution is -2.45. The minimum absolute atomic E-state index is 0.0260. The fraction of sp³-hybridized carbons (Fsp3) is 0.400. The number of H-pyrrole nitrogens is 1. The third-order valence-electron chi connectivity index (χ3n) is 7.10. The first-order valence-electron chi connectivity index (χ1n) is 11.8. The van der Waals surface area contributed by atoms with E-state index in [0.29, 0.717) is 43.7 Å². The van der Waals surface area contributed by atoms with Crippen LogP contribution in [0.4, 0.5) is 5.69 Å². The number of ketones is 1. The molecule has 1 atom stereocenters. The van der Waals surface area contributed by atoms with Crippen molar-refractivity contribution in [2.45, 2.75) is 46.0 Å². The van der Waals surface area contributed by atoms with Crippen LogP contribution in [0.3, 0.4) is 0 Å². The molecule has 0 spiro atoms. The highest BCUT2D eigenvalue weighted by molar-refractivity contribution is 7.15. The number of imidazole rings is 1. The van der Waals surface area contributed by atoms with Gasteiger partial charge in [0.05, 0.1) is 22.5 Å². The maximum absolute atomic E-state index is 13.4. The van der Waals surface area contributed by atoms with Crippen LogP contribution in [0.1, 0.15) is 60.1 Å². The Hall–Kier alpha value is -3.53. The number of piperidine rings is 1. The monoisotopic (exact) mass is 491 g/mol. The van der Waals surface area contributed by atoms with Crippen LogP contribution in [0.25, 0.3) is 16.2 Å². The highest BCUT2D eigenvalue weighted by atomic mass is 32.1. The lowest BCUT2D eigenvalue weighted by atomic mass is 9.79. The standard InChI is InChI=1S/C25H29N7O2S/c1-15(22-28-14-29-30-22)10-20(33)17-11-18(31-8-6-25(3,7-9-31)24(26)34)23-27-12-19(32(23)13-17)21-5-4-16(2)35-21/h4-5,11-15H,6-10H2,1-3H3,(H2,26,34)(H,28,29,30)/t15-/m1/s1. The van der Waals surface area contributed by atoms with Gasteiger partial charge >= 0.3 is 0 Å². The zero-order valence-electron chi connectivity index (χ0n) is 20.1. The largest absolute Gasteiger partial charge is 0.369 e. The fourth-order valence-corrected chi connectivity index (χ4v) is 5.52. The Morgan fingerprint density at radius 1 is 1.26 bits per heavy atom. The van der Waals surface area contributed by atoms with E-state index >= 15 is 0 Å². The number of amides is 1. The summed E-state index contributed by atoms with van der Waals surface area (Å²) in [4.78, 5) is 38.9. The van der Waals surface area contributed by atoms with Gasteiger partial charge in [-0.1, -0.05) is 13.8 Å². The van der Waals surface area contributed by atoms with Crippen molar-refractivity contribution in [2.75, 3.05) is 18.0 Å². The topological polar surface area (TPSA) is 122 Å². The number of pyridine rings is 1. The predicted octanol–water partition coefficient (Wildman–Crippen LogP) is 3.96. The van der Waals surface area contributed by atoms with E-state index in [0.717, 1.165) is 21.9 Å². The van der Waals surface area contributed by atoms with Crippen LogP contribution >= 0.6 is 11.3 Å². The molecule has 0 radical (unpaired) electrons. The van der Waals surface area contributed by atoms with Gasteiger partial charge in [0.15, 0.2) is 11.4 Å². The second-order valence-corrected chi connectivity index (χ2v) is 11.0. The molecule has 1 amide bonds. The van der Waals surface area contributed by atoms with Crippen molar-refractivity contribution in [1.82, 2.24) is 24.6 Å². The SMILES string of the molecule is Cc1ccc(-c2cnc3c(N4CCC(C)(C(N)=O)CC4)cc(C(=O)C[C@@H](C)c4ncn[nH]4)cn23)s1. The molecule has 182 valence electrons. The van der Waals surface area contributed by atoms with Crippen LogP contribution in [0.15, 0.2) is 36.9 Å². The summed E-state index contributed by atoms with van der Waals surface area (Å²) in [5.41, 5.74) is 8.43. The van der Waals surface area contributed by atoms with Crippen molar-refractivity contribution >= 4 is 34.4 Å². The number of aromatic amines is 1. The summed E-state index contributed by atoms with van der Waals surface area (Å²) >= 11 is 1.70. The molecule has 0 saturated carbocycles. The summed E-state index contributed by atoms with van der Waals surface area (Å²) in [6.07, 6.45) is 6.84. The van der Waals surface area contributed by atoms with Gasteiger partial charge in [-0.3, -0.25) is 19.1 Å². The Morgan fingerprint density at radius 2 is 2.03 bits per heavy atom. The number of carbonyl (C=O) groups excluding carboxylic acids is 2. The summed E-state index contributed by atoms with van der Waals surface area (Å²) in [6, 6.07) is 6.11. The number of aryl methyl sites for hydroxylation is 1. The van der Waals surface area contributed by atoms with E-state index < -0.39 is 5.41 Å². The highest BCUT2D eigenvalue weighted by Gasteiger charge is 2.36. The minimum atomic E-state index is -0.512. The van der Waals surface area contributed by atoms with Gasteiger partial charge in [0.1, 0.15) is 12.2 Å². The van der Waals surface area contributed by atoms with Gasteiger partial charge in [-0.2, -0.15) is 5.10 Å². The molecule has 10 heteroatoms. The van der Waals surface area contributed by atoms with Gasteiger partial charge in [0.2, 0.25) is 5.91 Å². The van der Waals surface area contributed by atoms with Crippen molar-refractivity contribution in [3.05, 3.63) is 53.2 Å². The molecule has 1 saturated heterocycles. The number of hydrogen-bond acceptors (Lipinski definition) is 7. The number of Topliss-reactive ketones (excluding diaryl/α,β-unsaturated/α-hetero) is 1. The molecule has 1 aliphatic rings. The summed E-state index contributed by atoms with van der Waals surface area (Å²) in [5, 5.41) is 6.76. The van der Waals surface area contributed by atoms with Crippen LogP contribution < -0.4 is 10.6 Å². The third-order valence-corrected chi connectivity index (χ3v) is 8.12. The Morgan fingerprint density at radius 3 is 2.66 bits per heavy atom. The van der Waals surface area contributed by atoms with Crippen molar-refractivity contribution < 1.29 is 9.59 Å². The van der Waals surface area contributed by atoms with E-state index in [2.05, 4.69) is 39.1 Å². The molecule has 4 aromatic rings. The average molecular weight is 492 g/mol. The minimum Gasteiger partial charge on any atom is -0.369 e. The van der Waals surface area contributed by atoms with E-state index in [1.165, 1.54) is 11.2 Å². The summed E-state index contributed by atoms with van der Waals surface area (Å²) in [7, 11) is 0. The van der Waals surface area contributed by atoms with Crippen LogP contribution in [0, 0.1) is 12.3 Å². The van der Waals surface area contributed by atoms with Crippen LogP contribution in [-0.4, -0.2) is 49.3 Å². The Labute approximate surface area is 207 Å². The van der Waals surface area contributed by atoms with Crippen LogP contribution in [0.2, 0.25) is 0 Å². The smallest absolute Gasteiger partial charge is 0.223 e. The number of nitrogens with two attached hydrogens (primary N) is 1. The van der Waals surface area contributed by atoms with E-state index in [1.807, 2.05) is 36.7 Å². The molecule has 5 rings (SSSR count). The lowest BCUT2D eigenvalue weighted by Gasteiger charge is -2.38. The van der Waals surface area contributed by atoms with Gasteiger partial charge in [0, 0.05) is 47.5 Å². The summed E-state index contributed by atoms with van der Waals surface area (Å²) in [5.74, 6) is 0.373. The van der Waals surface area contributed by atoms with Gasteiger partial charge in [-0.05, 0) is 38.0 Å². The second-order valence-electron chi connectivity index (χ2n) is 9.67. The second kappa shape index (κ2) is 8.92. The lowest BCUT2D eigenvalue weighted by molar-refractivity contribution is -0.127. The van der Waals surface area contributed by atoms with E-state index in [-0.39, 0.29) is 17.6 Å². The van der Waals surface area contributed by atoms with Crippen molar-refractivity contribution in [3.8, 4) is 10.6 Å². The van der Waals surface area contributed by atoms with Crippen LogP contribution in [0.5, 0.6) is 0 Å². The number of aromatic nitrogens is 5. The normalized spacial score (nSPS) is 16.5. The molecular weight excluding hydrogens is 462 g/mol. The number of anilines is 1. The van der Waals surface area contributed by atoms with Gasteiger partial charge in [-0.25, -0.2) is 9.97 Å². The molecule has 35 heavy (non-hydrogen) atoms. The average Bonchev–Trinajstić information content (AvgIpc) is 3.59. The zero-order chi connectivity index (χ0) is 24.7. The molecule has 3 N–H and O–H groups in total. The number of hydrogen-bond donors (Lipinski definition) is 2. The summed E-state index contributed by atoms with van der Waals surface area (Å²) < 4.78 is 2.02. The number of thiophene rings is 1.